The maximum Gasteiger partial charge on any atom is 0.244 e. The number of hydrogen-bond donors (Lipinski definition) is 1. The molecular weight excluding hydrogens is 366 g/mol. The van der Waals surface area contributed by atoms with Crippen molar-refractivity contribution in [3.05, 3.63) is 35.5 Å². The summed E-state index contributed by atoms with van der Waals surface area (Å²) < 4.78 is 12.2. The third-order valence-corrected chi connectivity index (χ3v) is 7.02. The SMILES string of the molecule is CC(C)[S+]([O-])c1ccc(C(CC2CCCC2)C(=O)Nc2nccs2)cn1. The summed E-state index contributed by atoms with van der Waals surface area (Å²) in [6.45, 7) is 3.83. The van der Waals surface area contributed by atoms with Crippen LogP contribution in [-0.4, -0.2) is 25.7 Å². The van der Waals surface area contributed by atoms with Crippen LogP contribution in [0.1, 0.15) is 57.4 Å². The average molecular weight is 392 g/mol. The summed E-state index contributed by atoms with van der Waals surface area (Å²) in [5, 5.41) is 6.00. The third-order valence-electron chi connectivity index (χ3n) is 4.82. The molecule has 1 aliphatic rings. The Kier molecular flexibility index (Phi) is 6.67. The van der Waals surface area contributed by atoms with Crippen LogP contribution in [0.3, 0.4) is 0 Å². The molecule has 0 spiro atoms. The summed E-state index contributed by atoms with van der Waals surface area (Å²) >= 11 is 0.300. The highest BCUT2D eigenvalue weighted by molar-refractivity contribution is 7.91. The molecule has 2 aromatic heterocycles. The lowest BCUT2D eigenvalue weighted by Gasteiger charge is -2.20. The number of amides is 1. The predicted molar refractivity (Wildman–Crippen MR) is 106 cm³/mol. The highest BCUT2D eigenvalue weighted by Gasteiger charge is 2.28. The second-order valence-electron chi connectivity index (χ2n) is 7.04. The predicted octanol–water partition coefficient (Wildman–Crippen LogP) is 4.36. The Hall–Kier alpha value is -1.44. The molecule has 2 aromatic rings. The maximum absolute atomic E-state index is 12.9. The first-order valence-electron chi connectivity index (χ1n) is 9.11. The van der Waals surface area contributed by atoms with Crippen molar-refractivity contribution in [1.29, 1.82) is 0 Å². The zero-order valence-electron chi connectivity index (χ0n) is 15.2. The number of pyridine rings is 1. The van der Waals surface area contributed by atoms with E-state index in [1.165, 1.54) is 37.0 Å². The van der Waals surface area contributed by atoms with Gasteiger partial charge >= 0.3 is 0 Å². The van der Waals surface area contributed by atoms with Gasteiger partial charge in [-0.25, -0.2) is 9.97 Å². The molecule has 2 heterocycles. The van der Waals surface area contributed by atoms with E-state index in [2.05, 4.69) is 15.3 Å². The van der Waals surface area contributed by atoms with Gasteiger partial charge in [0, 0.05) is 35.0 Å². The van der Waals surface area contributed by atoms with E-state index in [1.807, 2.05) is 25.3 Å². The summed E-state index contributed by atoms with van der Waals surface area (Å²) in [5.74, 6) is 0.286. The molecule has 2 atom stereocenters. The fourth-order valence-corrected chi connectivity index (χ4v) is 4.78. The van der Waals surface area contributed by atoms with Gasteiger partial charge in [-0.2, -0.15) is 0 Å². The number of aromatic nitrogens is 2. The summed E-state index contributed by atoms with van der Waals surface area (Å²) in [7, 11) is 0. The van der Waals surface area contributed by atoms with E-state index in [1.54, 1.807) is 18.5 Å². The van der Waals surface area contributed by atoms with Crippen molar-refractivity contribution in [2.45, 2.75) is 62.1 Å². The number of carbonyl (C=O) groups is 1. The lowest BCUT2D eigenvalue weighted by atomic mass is 9.88. The topological polar surface area (TPSA) is 77.9 Å². The molecule has 3 rings (SSSR count). The standard InChI is InChI=1S/C19H25N3O2S2/c1-13(2)26(24)17-8-7-15(12-21-17)16(11-14-5-3-4-6-14)18(23)22-19-20-9-10-25-19/h7-10,12-14,16H,3-6,11H2,1-2H3,(H,20,22,23). The van der Waals surface area contributed by atoms with Crippen LogP contribution in [0.15, 0.2) is 34.9 Å². The molecule has 1 fully saturated rings. The minimum absolute atomic E-state index is 0.0239. The third kappa shape index (κ3) is 4.84. The molecule has 0 saturated heterocycles. The van der Waals surface area contributed by atoms with E-state index in [4.69, 9.17) is 0 Å². The number of nitrogens with one attached hydrogen (secondary N) is 1. The monoisotopic (exact) mass is 391 g/mol. The van der Waals surface area contributed by atoms with Crippen molar-refractivity contribution in [1.82, 2.24) is 9.97 Å². The van der Waals surface area contributed by atoms with Crippen LogP contribution in [-0.2, 0) is 16.0 Å². The molecule has 0 aromatic carbocycles. The lowest BCUT2D eigenvalue weighted by Crippen LogP contribution is -2.23. The fraction of sp³-hybridized carbons (Fsp3) is 0.526. The molecule has 0 bridgehead atoms. The lowest BCUT2D eigenvalue weighted by molar-refractivity contribution is -0.118. The normalized spacial score (nSPS) is 17.4. The Labute approximate surface area is 161 Å². The van der Waals surface area contributed by atoms with Crippen LogP contribution in [0.25, 0.3) is 0 Å². The second-order valence-corrected chi connectivity index (χ2v) is 9.89. The zero-order chi connectivity index (χ0) is 18.5. The molecule has 5 nitrogen and oxygen atoms in total. The van der Waals surface area contributed by atoms with Gasteiger partial charge in [-0.3, -0.25) is 4.79 Å². The van der Waals surface area contributed by atoms with Crippen molar-refractivity contribution in [2.75, 3.05) is 5.32 Å². The van der Waals surface area contributed by atoms with Gasteiger partial charge in [-0.1, -0.05) is 25.7 Å². The van der Waals surface area contributed by atoms with Crippen LogP contribution in [0, 0.1) is 5.92 Å². The largest absolute Gasteiger partial charge is 0.610 e. The van der Waals surface area contributed by atoms with Gasteiger partial charge in [-0.15, -0.1) is 11.3 Å². The van der Waals surface area contributed by atoms with E-state index in [0.29, 0.717) is 16.1 Å². The molecule has 26 heavy (non-hydrogen) atoms. The maximum atomic E-state index is 12.9. The van der Waals surface area contributed by atoms with Crippen LogP contribution in [0.5, 0.6) is 0 Å². The highest BCUT2D eigenvalue weighted by Crippen LogP contribution is 2.35. The van der Waals surface area contributed by atoms with Gasteiger partial charge in [0.15, 0.2) is 5.13 Å². The first-order chi connectivity index (χ1) is 12.5. The van der Waals surface area contributed by atoms with E-state index >= 15 is 0 Å². The molecule has 2 unspecified atom stereocenters. The number of rotatable bonds is 7. The van der Waals surface area contributed by atoms with Gasteiger partial charge < -0.3 is 9.87 Å². The Morgan fingerprint density at radius 1 is 1.35 bits per heavy atom. The number of hydrogen-bond acceptors (Lipinski definition) is 5. The molecule has 140 valence electrons. The van der Waals surface area contributed by atoms with E-state index in [9.17, 15) is 9.35 Å². The fourth-order valence-electron chi connectivity index (χ4n) is 3.41. The summed E-state index contributed by atoms with van der Waals surface area (Å²) in [6.07, 6.45) is 9.09. The van der Waals surface area contributed by atoms with Gasteiger partial charge in [0.25, 0.3) is 0 Å². The Balaban J connectivity index is 1.78. The van der Waals surface area contributed by atoms with E-state index in [-0.39, 0.29) is 17.1 Å². The van der Waals surface area contributed by atoms with Crippen LogP contribution in [0.2, 0.25) is 0 Å². The van der Waals surface area contributed by atoms with Gasteiger partial charge in [0.2, 0.25) is 10.9 Å². The molecule has 0 aliphatic heterocycles. The molecule has 1 saturated carbocycles. The average Bonchev–Trinajstić information content (AvgIpc) is 3.33. The molecule has 7 heteroatoms. The van der Waals surface area contributed by atoms with Crippen LogP contribution < -0.4 is 5.32 Å². The Bertz CT molecular complexity index is 698. The minimum atomic E-state index is -1.12. The molecule has 0 radical (unpaired) electrons. The van der Waals surface area contributed by atoms with Gasteiger partial charge in [0.1, 0.15) is 5.25 Å². The van der Waals surface area contributed by atoms with Crippen LogP contribution >= 0.6 is 11.3 Å². The molecular formula is C19H25N3O2S2. The Morgan fingerprint density at radius 3 is 2.69 bits per heavy atom. The van der Waals surface area contributed by atoms with Crippen molar-refractivity contribution in [3.8, 4) is 0 Å². The first-order valence-corrected chi connectivity index (χ1v) is 11.2. The van der Waals surface area contributed by atoms with Crippen molar-refractivity contribution in [2.24, 2.45) is 5.92 Å². The molecule has 1 N–H and O–H groups in total. The summed E-state index contributed by atoms with van der Waals surface area (Å²) in [6, 6.07) is 3.70. The van der Waals surface area contributed by atoms with Crippen LogP contribution in [0.4, 0.5) is 5.13 Å². The quantitative estimate of drug-likeness (QED) is 0.712. The Morgan fingerprint density at radius 2 is 2.12 bits per heavy atom. The van der Waals surface area contributed by atoms with Gasteiger partial charge in [0.05, 0.1) is 5.92 Å². The zero-order valence-corrected chi connectivity index (χ0v) is 16.8. The summed E-state index contributed by atoms with van der Waals surface area (Å²) in [4.78, 5) is 21.4. The second kappa shape index (κ2) is 8.97. The molecule has 1 aliphatic carbocycles. The first kappa shape index (κ1) is 19.3. The highest BCUT2D eigenvalue weighted by atomic mass is 32.2. The number of nitrogens with zero attached hydrogens (tertiary/aromatic N) is 2. The van der Waals surface area contributed by atoms with Crippen molar-refractivity contribution >= 4 is 33.6 Å². The van der Waals surface area contributed by atoms with Crippen molar-refractivity contribution in [3.63, 3.8) is 0 Å². The number of anilines is 1. The molecule has 1 amide bonds. The number of carbonyl (C=O) groups excluding carboxylic acids is 1. The van der Waals surface area contributed by atoms with E-state index < -0.39 is 11.2 Å². The number of thiazole rings is 1. The minimum Gasteiger partial charge on any atom is -0.610 e. The van der Waals surface area contributed by atoms with E-state index in [0.717, 1.165) is 12.0 Å². The smallest absolute Gasteiger partial charge is 0.244 e. The van der Waals surface area contributed by atoms with Gasteiger partial charge in [-0.05, 0) is 37.8 Å². The summed E-state index contributed by atoms with van der Waals surface area (Å²) in [5.41, 5.74) is 0.885. The van der Waals surface area contributed by atoms with Crippen molar-refractivity contribution < 1.29 is 9.35 Å².